The van der Waals surface area contributed by atoms with Crippen molar-refractivity contribution in [3.8, 4) is 0 Å². The van der Waals surface area contributed by atoms with Gasteiger partial charge in [-0.1, -0.05) is 40.5 Å². The molecule has 2 fully saturated rings. The van der Waals surface area contributed by atoms with Crippen LogP contribution in [0, 0.1) is 17.3 Å². The molecule has 0 bridgehead atoms. The summed E-state index contributed by atoms with van der Waals surface area (Å²) in [6, 6.07) is 0.624. The minimum Gasteiger partial charge on any atom is -0.314 e. The van der Waals surface area contributed by atoms with Crippen LogP contribution in [0.4, 0.5) is 0 Å². The molecule has 2 rings (SSSR count). The molecule has 2 aliphatic rings. The second kappa shape index (κ2) is 7.26. The first-order valence-corrected chi connectivity index (χ1v) is 8.96. The Kier molecular flexibility index (Phi) is 5.92. The monoisotopic (exact) mass is 280 g/mol. The molecule has 1 saturated carbocycles. The highest BCUT2D eigenvalue weighted by atomic mass is 15.1. The molecular formula is C18H36N2. The lowest BCUT2D eigenvalue weighted by molar-refractivity contribution is 0.0971. The van der Waals surface area contributed by atoms with Crippen LogP contribution >= 0.6 is 0 Å². The molecule has 0 amide bonds. The van der Waals surface area contributed by atoms with Crippen molar-refractivity contribution in [3.05, 3.63) is 0 Å². The summed E-state index contributed by atoms with van der Waals surface area (Å²) in [5, 5.41) is 3.72. The van der Waals surface area contributed by atoms with E-state index >= 15 is 0 Å². The van der Waals surface area contributed by atoms with Crippen LogP contribution in [0.5, 0.6) is 0 Å². The van der Waals surface area contributed by atoms with Gasteiger partial charge in [0.05, 0.1) is 0 Å². The van der Waals surface area contributed by atoms with Crippen molar-refractivity contribution in [2.45, 2.75) is 72.3 Å². The van der Waals surface area contributed by atoms with E-state index in [0.717, 1.165) is 11.8 Å². The number of nitrogens with one attached hydrogen (secondary N) is 1. The van der Waals surface area contributed by atoms with E-state index in [2.05, 4.69) is 37.9 Å². The zero-order chi connectivity index (χ0) is 14.6. The van der Waals surface area contributed by atoms with Gasteiger partial charge >= 0.3 is 0 Å². The molecule has 1 aliphatic carbocycles. The minimum absolute atomic E-state index is 0.578. The fourth-order valence-electron chi connectivity index (χ4n) is 4.19. The Balaban J connectivity index is 1.83. The van der Waals surface area contributed by atoms with Crippen LogP contribution in [0.1, 0.15) is 66.2 Å². The molecule has 1 saturated heterocycles. The first-order chi connectivity index (χ1) is 9.51. The molecule has 0 aromatic heterocycles. The second-order valence-electron chi connectivity index (χ2n) is 8.10. The number of hydrogen-bond donors (Lipinski definition) is 1. The summed E-state index contributed by atoms with van der Waals surface area (Å²) >= 11 is 0. The van der Waals surface area contributed by atoms with Gasteiger partial charge in [0.1, 0.15) is 0 Å². The summed E-state index contributed by atoms with van der Waals surface area (Å²) in [6.45, 7) is 14.6. The smallest absolute Gasteiger partial charge is 0.00501 e. The van der Waals surface area contributed by atoms with Crippen molar-refractivity contribution in [1.29, 1.82) is 0 Å². The number of hydrogen-bond acceptors (Lipinski definition) is 2. The van der Waals surface area contributed by atoms with Crippen molar-refractivity contribution in [2.75, 3.05) is 26.2 Å². The normalized spacial score (nSPS) is 24.9. The predicted molar refractivity (Wildman–Crippen MR) is 88.0 cm³/mol. The molecule has 2 heteroatoms. The fraction of sp³-hybridized carbons (Fsp3) is 1.00. The zero-order valence-electron chi connectivity index (χ0n) is 14.3. The van der Waals surface area contributed by atoms with Gasteiger partial charge in [-0.3, -0.25) is 0 Å². The summed E-state index contributed by atoms with van der Waals surface area (Å²) in [6.07, 6.45) is 8.62. The molecule has 2 nitrogen and oxygen atoms in total. The van der Waals surface area contributed by atoms with E-state index in [-0.39, 0.29) is 0 Å². The van der Waals surface area contributed by atoms with Crippen LogP contribution in [0.25, 0.3) is 0 Å². The van der Waals surface area contributed by atoms with E-state index < -0.39 is 0 Å². The summed E-state index contributed by atoms with van der Waals surface area (Å²) in [7, 11) is 0. The first-order valence-electron chi connectivity index (χ1n) is 8.96. The molecule has 0 unspecified atom stereocenters. The van der Waals surface area contributed by atoms with E-state index in [1.54, 1.807) is 0 Å². The highest BCUT2D eigenvalue weighted by molar-refractivity contribution is 4.91. The van der Waals surface area contributed by atoms with Crippen LogP contribution in [0.15, 0.2) is 0 Å². The summed E-state index contributed by atoms with van der Waals surface area (Å²) in [4.78, 5) is 2.77. The van der Waals surface area contributed by atoms with Crippen LogP contribution < -0.4 is 5.32 Å². The number of likely N-dealkylation sites (tertiary alicyclic amines) is 1. The third-order valence-electron chi connectivity index (χ3n) is 5.68. The molecule has 0 aromatic rings. The number of nitrogens with zero attached hydrogens (tertiary/aromatic N) is 1. The predicted octanol–water partition coefficient (Wildman–Crippen LogP) is 3.91. The molecule has 0 aromatic carbocycles. The molecule has 0 atom stereocenters. The van der Waals surface area contributed by atoms with Gasteiger partial charge in [-0.2, -0.15) is 0 Å². The van der Waals surface area contributed by atoms with E-state index in [0.29, 0.717) is 11.5 Å². The average molecular weight is 280 g/mol. The maximum absolute atomic E-state index is 3.72. The van der Waals surface area contributed by atoms with Crippen molar-refractivity contribution in [2.24, 2.45) is 17.3 Å². The maximum atomic E-state index is 3.72. The SMILES string of the molecule is CC(C)NCC1(CN2CCC(C(C)C)CC2)CCCC1. The summed E-state index contributed by atoms with van der Waals surface area (Å²) in [5.41, 5.74) is 0.578. The number of rotatable bonds is 6. The van der Waals surface area contributed by atoms with Crippen molar-refractivity contribution >= 4 is 0 Å². The fourth-order valence-corrected chi connectivity index (χ4v) is 4.19. The molecule has 118 valence electrons. The topological polar surface area (TPSA) is 15.3 Å². The lowest BCUT2D eigenvalue weighted by atomic mass is 9.82. The molecule has 1 aliphatic heterocycles. The Morgan fingerprint density at radius 2 is 1.65 bits per heavy atom. The lowest BCUT2D eigenvalue weighted by Crippen LogP contribution is -2.46. The van der Waals surface area contributed by atoms with E-state index in [1.165, 1.54) is 64.7 Å². The van der Waals surface area contributed by atoms with Crippen LogP contribution in [0.2, 0.25) is 0 Å². The largest absolute Gasteiger partial charge is 0.314 e. The van der Waals surface area contributed by atoms with E-state index in [4.69, 9.17) is 0 Å². The number of piperidine rings is 1. The Morgan fingerprint density at radius 1 is 1.05 bits per heavy atom. The van der Waals surface area contributed by atoms with Crippen LogP contribution in [0.3, 0.4) is 0 Å². The summed E-state index contributed by atoms with van der Waals surface area (Å²) < 4.78 is 0. The van der Waals surface area contributed by atoms with Crippen LogP contribution in [-0.2, 0) is 0 Å². The van der Waals surface area contributed by atoms with E-state index in [1.807, 2.05) is 0 Å². The molecule has 20 heavy (non-hydrogen) atoms. The summed E-state index contributed by atoms with van der Waals surface area (Å²) in [5.74, 6) is 1.85. The molecular weight excluding hydrogens is 244 g/mol. The van der Waals surface area contributed by atoms with E-state index in [9.17, 15) is 0 Å². The first kappa shape index (κ1) is 16.3. The zero-order valence-corrected chi connectivity index (χ0v) is 14.3. The Labute approximate surface area is 126 Å². The molecule has 1 N–H and O–H groups in total. The average Bonchev–Trinajstić information content (AvgIpc) is 2.86. The van der Waals surface area contributed by atoms with Gasteiger partial charge in [0.25, 0.3) is 0 Å². The van der Waals surface area contributed by atoms with Gasteiger partial charge in [0.15, 0.2) is 0 Å². The highest BCUT2D eigenvalue weighted by Crippen LogP contribution is 2.39. The van der Waals surface area contributed by atoms with Crippen LogP contribution in [-0.4, -0.2) is 37.1 Å². The lowest BCUT2D eigenvalue weighted by Gasteiger charge is -2.40. The van der Waals surface area contributed by atoms with Gasteiger partial charge < -0.3 is 10.2 Å². The molecule has 0 radical (unpaired) electrons. The van der Waals surface area contributed by atoms with Gasteiger partial charge in [0.2, 0.25) is 0 Å². The standard InChI is InChI=1S/C18H36N2/c1-15(2)17-7-11-20(12-8-17)14-18(9-5-6-10-18)13-19-16(3)4/h15-17,19H,5-14H2,1-4H3. The minimum atomic E-state index is 0.578. The maximum Gasteiger partial charge on any atom is 0.00501 e. The quantitative estimate of drug-likeness (QED) is 0.793. The van der Waals surface area contributed by atoms with Gasteiger partial charge in [0, 0.05) is 19.1 Å². The molecule has 0 spiro atoms. The van der Waals surface area contributed by atoms with Crippen molar-refractivity contribution in [1.82, 2.24) is 10.2 Å². The molecule has 1 heterocycles. The van der Waals surface area contributed by atoms with Gasteiger partial charge in [-0.05, 0) is 56.0 Å². The van der Waals surface area contributed by atoms with Crippen molar-refractivity contribution < 1.29 is 0 Å². The Bertz CT molecular complexity index is 271. The van der Waals surface area contributed by atoms with Gasteiger partial charge in [-0.15, -0.1) is 0 Å². The third kappa shape index (κ3) is 4.46. The van der Waals surface area contributed by atoms with Gasteiger partial charge in [-0.25, -0.2) is 0 Å². The second-order valence-corrected chi connectivity index (χ2v) is 8.10. The third-order valence-corrected chi connectivity index (χ3v) is 5.68. The van der Waals surface area contributed by atoms with Crippen molar-refractivity contribution in [3.63, 3.8) is 0 Å². The Hall–Kier alpha value is -0.0800. The Morgan fingerprint density at radius 3 is 2.15 bits per heavy atom. The highest BCUT2D eigenvalue weighted by Gasteiger charge is 2.36.